The van der Waals surface area contributed by atoms with Crippen molar-refractivity contribution in [1.82, 2.24) is 9.99 Å². The van der Waals surface area contributed by atoms with E-state index < -0.39 is 4.92 Å². The van der Waals surface area contributed by atoms with Gasteiger partial charge in [0, 0.05) is 44.9 Å². The van der Waals surface area contributed by atoms with Crippen LogP contribution in [0.3, 0.4) is 0 Å². The normalized spacial score (nSPS) is 11.9. The minimum atomic E-state index is -0.448. The monoisotopic (exact) mass is 474 g/mol. The van der Waals surface area contributed by atoms with Gasteiger partial charge in [-0.1, -0.05) is 32.9 Å². The number of hydrogen-bond acceptors (Lipinski definition) is 5. The first kappa shape index (κ1) is 23.4. The molecule has 4 rings (SSSR count). The van der Waals surface area contributed by atoms with Gasteiger partial charge in [0.1, 0.15) is 0 Å². The molecule has 0 unspecified atom stereocenters. The number of thiophene rings is 1. The van der Waals surface area contributed by atoms with Crippen molar-refractivity contribution < 1.29 is 9.72 Å². The predicted octanol–water partition coefficient (Wildman–Crippen LogP) is 6.28. The van der Waals surface area contributed by atoms with E-state index in [1.54, 1.807) is 18.3 Å². The summed E-state index contributed by atoms with van der Waals surface area (Å²) in [6, 6.07) is 16.8. The minimum absolute atomic E-state index is 0.00122. The van der Waals surface area contributed by atoms with E-state index in [1.165, 1.54) is 29.0 Å². The lowest BCUT2D eigenvalue weighted by molar-refractivity contribution is -0.384. The van der Waals surface area contributed by atoms with Crippen LogP contribution >= 0.6 is 11.3 Å². The second kappa shape index (κ2) is 8.87. The third-order valence-electron chi connectivity index (χ3n) is 5.77. The number of benzene rings is 2. The Balaban J connectivity index is 1.51. The highest BCUT2D eigenvalue weighted by Crippen LogP contribution is 2.29. The maximum atomic E-state index is 12.6. The molecule has 2 heterocycles. The predicted molar refractivity (Wildman–Crippen MR) is 137 cm³/mol. The number of nitrogens with zero attached hydrogens (tertiary/aromatic N) is 3. The highest BCUT2D eigenvalue weighted by Gasteiger charge is 2.15. The minimum Gasteiger partial charge on any atom is -0.318 e. The lowest BCUT2D eigenvalue weighted by atomic mass is 9.87. The number of aryl methyl sites for hydroxylation is 1. The Morgan fingerprint density at radius 3 is 2.44 bits per heavy atom. The lowest BCUT2D eigenvalue weighted by Crippen LogP contribution is -2.16. The molecule has 174 valence electrons. The molecule has 0 spiro atoms. The fourth-order valence-corrected chi connectivity index (χ4v) is 4.83. The molecule has 0 aliphatic heterocycles. The summed E-state index contributed by atoms with van der Waals surface area (Å²) in [5.74, 6) is -0.355. The molecule has 1 N–H and O–H groups in total. The molecule has 0 saturated carbocycles. The van der Waals surface area contributed by atoms with Crippen LogP contribution in [0.15, 0.2) is 59.7 Å². The molecule has 2 aromatic heterocycles. The highest BCUT2D eigenvalue weighted by molar-refractivity contribution is 7.20. The van der Waals surface area contributed by atoms with Crippen LogP contribution in [0.5, 0.6) is 0 Å². The van der Waals surface area contributed by atoms with Crippen LogP contribution < -0.4 is 5.43 Å². The Kier molecular flexibility index (Phi) is 6.10. The third kappa shape index (κ3) is 4.63. The molecule has 34 heavy (non-hydrogen) atoms. The van der Waals surface area contributed by atoms with Gasteiger partial charge in [-0.25, -0.2) is 5.43 Å². The van der Waals surface area contributed by atoms with Gasteiger partial charge < -0.3 is 4.57 Å². The number of carbonyl (C=O) groups excluding carboxylic acids is 1. The number of hydrazone groups is 1. The maximum Gasteiger partial charge on any atom is 0.281 e. The SMILES string of the molecule is Cc1cc(C=NNC(=O)c2cc3cc([N+](=O)[O-])ccc3s2)c(C)n1-c1ccc(C(C)(C)C)cc1. The van der Waals surface area contributed by atoms with Crippen molar-refractivity contribution >= 4 is 39.2 Å². The molecule has 0 aliphatic rings. The van der Waals surface area contributed by atoms with Crippen molar-refractivity contribution in [3.05, 3.63) is 92.1 Å². The van der Waals surface area contributed by atoms with Crippen LogP contribution in [0.4, 0.5) is 5.69 Å². The first-order chi connectivity index (χ1) is 16.0. The van der Waals surface area contributed by atoms with E-state index in [1.807, 2.05) is 19.9 Å². The number of nitrogens with one attached hydrogen (secondary N) is 1. The van der Waals surface area contributed by atoms with E-state index in [0.717, 1.165) is 27.3 Å². The number of rotatable bonds is 5. The van der Waals surface area contributed by atoms with E-state index in [2.05, 4.69) is 60.1 Å². The largest absolute Gasteiger partial charge is 0.318 e. The second-order valence-electron chi connectivity index (χ2n) is 9.25. The number of fused-ring (bicyclic) bond motifs is 1. The van der Waals surface area contributed by atoms with Crippen LogP contribution in [-0.4, -0.2) is 21.6 Å². The molecule has 7 nitrogen and oxygen atoms in total. The molecule has 2 aromatic carbocycles. The van der Waals surface area contributed by atoms with Gasteiger partial charge in [-0.05, 0) is 55.2 Å². The second-order valence-corrected chi connectivity index (χ2v) is 10.3. The van der Waals surface area contributed by atoms with Crippen molar-refractivity contribution in [1.29, 1.82) is 0 Å². The van der Waals surface area contributed by atoms with Crippen LogP contribution in [-0.2, 0) is 5.41 Å². The van der Waals surface area contributed by atoms with Gasteiger partial charge >= 0.3 is 0 Å². The number of nitro groups is 1. The summed E-state index contributed by atoms with van der Waals surface area (Å²) in [5.41, 5.74) is 8.01. The Morgan fingerprint density at radius 1 is 1.09 bits per heavy atom. The fraction of sp³-hybridized carbons (Fsp3) is 0.231. The van der Waals surface area contributed by atoms with Crippen LogP contribution in [0.25, 0.3) is 15.8 Å². The molecule has 4 aromatic rings. The van der Waals surface area contributed by atoms with Gasteiger partial charge in [-0.2, -0.15) is 5.10 Å². The molecule has 0 radical (unpaired) electrons. The van der Waals surface area contributed by atoms with Crippen LogP contribution in [0, 0.1) is 24.0 Å². The molecular weight excluding hydrogens is 448 g/mol. The average molecular weight is 475 g/mol. The highest BCUT2D eigenvalue weighted by atomic mass is 32.1. The fourth-order valence-electron chi connectivity index (χ4n) is 3.90. The van der Waals surface area contributed by atoms with Gasteiger partial charge in [-0.15, -0.1) is 11.3 Å². The number of aromatic nitrogens is 1. The molecule has 8 heteroatoms. The van der Waals surface area contributed by atoms with Crippen LogP contribution in [0.2, 0.25) is 0 Å². The zero-order chi connectivity index (χ0) is 24.6. The van der Waals surface area contributed by atoms with Gasteiger partial charge in [-0.3, -0.25) is 14.9 Å². The van der Waals surface area contributed by atoms with Crippen LogP contribution in [0.1, 0.15) is 53.0 Å². The molecule has 0 aliphatic carbocycles. The number of carbonyl (C=O) groups is 1. The van der Waals surface area contributed by atoms with Crippen molar-refractivity contribution in [3.63, 3.8) is 0 Å². The van der Waals surface area contributed by atoms with E-state index in [4.69, 9.17) is 0 Å². The van der Waals surface area contributed by atoms with Gasteiger partial charge in [0.2, 0.25) is 0 Å². The zero-order valence-corrected chi connectivity index (χ0v) is 20.6. The average Bonchev–Trinajstić information content (AvgIpc) is 3.33. The standard InChI is InChI=1S/C26H26N4O3S/c1-16-12-19(17(2)29(16)21-8-6-20(7-9-21)26(3,4)5)15-27-28-25(31)24-14-18-13-22(30(32)33)10-11-23(18)34-24/h6-15H,1-5H3,(H,28,31). The molecule has 1 amide bonds. The summed E-state index contributed by atoms with van der Waals surface area (Å²) in [6.07, 6.45) is 1.64. The Morgan fingerprint density at radius 2 is 1.79 bits per heavy atom. The molecule has 0 saturated heterocycles. The zero-order valence-electron chi connectivity index (χ0n) is 19.7. The van der Waals surface area contributed by atoms with Gasteiger partial charge in [0.05, 0.1) is 16.0 Å². The summed E-state index contributed by atoms with van der Waals surface area (Å²) < 4.78 is 2.97. The van der Waals surface area contributed by atoms with Crippen molar-refractivity contribution in [2.24, 2.45) is 5.10 Å². The summed E-state index contributed by atoms with van der Waals surface area (Å²) >= 11 is 1.27. The van der Waals surface area contributed by atoms with Crippen molar-refractivity contribution in [2.45, 2.75) is 40.0 Å². The molecule has 0 bridgehead atoms. The van der Waals surface area contributed by atoms with Gasteiger partial charge in [0.15, 0.2) is 0 Å². The summed E-state index contributed by atoms with van der Waals surface area (Å²) in [7, 11) is 0. The first-order valence-corrected chi connectivity index (χ1v) is 11.7. The maximum absolute atomic E-state index is 12.6. The van der Waals surface area contributed by atoms with E-state index in [-0.39, 0.29) is 17.0 Å². The van der Waals surface area contributed by atoms with Gasteiger partial charge in [0.25, 0.3) is 11.6 Å². The summed E-state index contributed by atoms with van der Waals surface area (Å²) in [4.78, 5) is 23.5. The Labute approximate surface area is 201 Å². The number of nitro benzene ring substituents is 1. The van der Waals surface area contributed by atoms with E-state index in [9.17, 15) is 14.9 Å². The number of non-ortho nitro benzene ring substituents is 1. The Bertz CT molecular complexity index is 1420. The third-order valence-corrected chi connectivity index (χ3v) is 6.88. The summed E-state index contributed by atoms with van der Waals surface area (Å²) in [5, 5.41) is 15.8. The quantitative estimate of drug-likeness (QED) is 0.210. The lowest BCUT2D eigenvalue weighted by Gasteiger charge is -2.20. The summed E-state index contributed by atoms with van der Waals surface area (Å²) in [6.45, 7) is 10.6. The first-order valence-electron chi connectivity index (χ1n) is 10.9. The Hall–Kier alpha value is -3.78. The molecule has 0 fully saturated rings. The van der Waals surface area contributed by atoms with E-state index in [0.29, 0.717) is 10.3 Å². The number of amides is 1. The molecule has 0 atom stereocenters. The topological polar surface area (TPSA) is 89.5 Å². The van der Waals surface area contributed by atoms with Crippen molar-refractivity contribution in [2.75, 3.05) is 0 Å². The van der Waals surface area contributed by atoms with E-state index >= 15 is 0 Å². The molecular formula is C26H26N4O3S. The van der Waals surface area contributed by atoms with Crippen molar-refractivity contribution in [3.8, 4) is 5.69 Å². The number of hydrogen-bond donors (Lipinski definition) is 1. The smallest absolute Gasteiger partial charge is 0.281 e.